The first-order valence-electron chi connectivity index (χ1n) is 9.21. The number of rotatable bonds is 4. The molecule has 2 heterocycles. The van der Waals surface area contributed by atoms with Gasteiger partial charge in [0.15, 0.2) is 5.17 Å². The Labute approximate surface area is 178 Å². The topological polar surface area (TPSA) is 59.0 Å². The molecular formula is C22H19ClN2O3S. The Morgan fingerprint density at radius 2 is 1.97 bits per heavy atom. The molecule has 2 aromatic rings. The summed E-state index contributed by atoms with van der Waals surface area (Å²) in [5.41, 5.74) is 2.54. The van der Waals surface area contributed by atoms with Gasteiger partial charge >= 0.3 is 5.97 Å². The number of carbonyl (C=O) groups excluding carboxylic acids is 2. The molecule has 7 heteroatoms. The lowest BCUT2D eigenvalue weighted by molar-refractivity contribution is -0.141. The standard InChI is InChI=1S/C22H19ClN2O3S/c1-13-18(21(27)28-12-15-7-4-3-5-8-15)19(16-9-6-10-17(23)11-16)25-20(26)14(2)29-22(25)24-13/h3-11,14,19H,12H2,1-2H3/t14-,19+/m1/s1. The summed E-state index contributed by atoms with van der Waals surface area (Å²) in [7, 11) is 0. The highest BCUT2D eigenvalue weighted by Crippen LogP contribution is 2.43. The molecule has 29 heavy (non-hydrogen) atoms. The summed E-state index contributed by atoms with van der Waals surface area (Å²) in [6, 6.07) is 16.1. The maximum atomic E-state index is 13.1. The van der Waals surface area contributed by atoms with E-state index in [1.165, 1.54) is 11.8 Å². The van der Waals surface area contributed by atoms with Crippen LogP contribution in [0.1, 0.15) is 31.0 Å². The highest BCUT2D eigenvalue weighted by molar-refractivity contribution is 8.15. The molecular weight excluding hydrogens is 408 g/mol. The number of amides is 1. The van der Waals surface area contributed by atoms with Crippen LogP contribution in [0.15, 0.2) is 70.9 Å². The van der Waals surface area contributed by atoms with Crippen molar-refractivity contribution in [2.75, 3.05) is 0 Å². The summed E-state index contributed by atoms with van der Waals surface area (Å²) in [5.74, 6) is -0.573. The molecule has 0 bridgehead atoms. The average molecular weight is 427 g/mol. The summed E-state index contributed by atoms with van der Waals surface area (Å²) in [6.45, 7) is 3.76. The van der Waals surface area contributed by atoms with Crippen molar-refractivity contribution in [1.82, 2.24) is 4.90 Å². The minimum absolute atomic E-state index is 0.0837. The number of aliphatic imine (C=N–C) groups is 1. The number of thioether (sulfide) groups is 1. The fourth-order valence-electron chi connectivity index (χ4n) is 3.46. The Kier molecular flexibility index (Phi) is 5.48. The van der Waals surface area contributed by atoms with Crippen LogP contribution in [0, 0.1) is 0 Å². The number of hydrogen-bond donors (Lipinski definition) is 0. The van der Waals surface area contributed by atoms with Crippen LogP contribution in [-0.4, -0.2) is 27.2 Å². The molecule has 2 aliphatic heterocycles. The van der Waals surface area contributed by atoms with Gasteiger partial charge in [0, 0.05) is 5.02 Å². The van der Waals surface area contributed by atoms with E-state index in [2.05, 4.69) is 4.99 Å². The monoisotopic (exact) mass is 426 g/mol. The summed E-state index contributed by atoms with van der Waals surface area (Å²) < 4.78 is 5.59. The summed E-state index contributed by atoms with van der Waals surface area (Å²) in [6.07, 6.45) is 0. The Morgan fingerprint density at radius 1 is 1.21 bits per heavy atom. The molecule has 0 aromatic heterocycles. The number of ether oxygens (including phenoxy) is 1. The number of fused-ring (bicyclic) bond motifs is 1. The number of benzene rings is 2. The van der Waals surface area contributed by atoms with Crippen LogP contribution in [0.4, 0.5) is 0 Å². The average Bonchev–Trinajstić information content (AvgIpc) is 2.99. The first kappa shape index (κ1) is 19.7. The molecule has 0 spiro atoms. The van der Waals surface area contributed by atoms with Gasteiger partial charge in [-0.05, 0) is 37.1 Å². The zero-order valence-electron chi connectivity index (χ0n) is 16.0. The van der Waals surface area contributed by atoms with Crippen LogP contribution in [0.5, 0.6) is 0 Å². The van der Waals surface area contributed by atoms with E-state index in [0.29, 0.717) is 21.5 Å². The fourth-order valence-corrected chi connectivity index (χ4v) is 4.68. The van der Waals surface area contributed by atoms with Crippen molar-refractivity contribution in [3.63, 3.8) is 0 Å². The zero-order chi connectivity index (χ0) is 20.5. The number of carbonyl (C=O) groups is 2. The van der Waals surface area contributed by atoms with Crippen molar-refractivity contribution in [3.05, 3.63) is 82.0 Å². The third-order valence-electron chi connectivity index (χ3n) is 4.86. The second-order valence-electron chi connectivity index (χ2n) is 6.88. The first-order valence-corrected chi connectivity index (χ1v) is 10.5. The maximum Gasteiger partial charge on any atom is 0.338 e. The van der Waals surface area contributed by atoms with E-state index in [9.17, 15) is 9.59 Å². The maximum absolute atomic E-state index is 13.1. The summed E-state index contributed by atoms with van der Waals surface area (Å²) in [5, 5.41) is 0.876. The minimum atomic E-state index is -0.616. The van der Waals surface area contributed by atoms with Gasteiger partial charge in [0.25, 0.3) is 0 Å². The van der Waals surface area contributed by atoms with Crippen LogP contribution in [0.2, 0.25) is 5.02 Å². The molecule has 0 N–H and O–H groups in total. The SMILES string of the molecule is CC1=C(C(=O)OCc2ccccc2)[C@H](c2cccc(Cl)c2)N2C(=O)[C@@H](C)SC2=N1. The third kappa shape index (κ3) is 3.82. The van der Waals surface area contributed by atoms with Gasteiger partial charge in [-0.2, -0.15) is 0 Å². The van der Waals surface area contributed by atoms with Crippen molar-refractivity contribution < 1.29 is 14.3 Å². The molecule has 1 amide bonds. The van der Waals surface area contributed by atoms with Gasteiger partial charge in [-0.3, -0.25) is 9.69 Å². The van der Waals surface area contributed by atoms with E-state index in [-0.39, 0.29) is 17.8 Å². The van der Waals surface area contributed by atoms with E-state index >= 15 is 0 Å². The van der Waals surface area contributed by atoms with E-state index in [1.54, 1.807) is 24.0 Å². The quantitative estimate of drug-likeness (QED) is 0.663. The smallest absolute Gasteiger partial charge is 0.338 e. The van der Waals surface area contributed by atoms with Gasteiger partial charge in [-0.15, -0.1) is 0 Å². The van der Waals surface area contributed by atoms with Gasteiger partial charge in [-0.1, -0.05) is 65.8 Å². The van der Waals surface area contributed by atoms with Crippen molar-refractivity contribution in [2.45, 2.75) is 31.7 Å². The lowest BCUT2D eigenvalue weighted by Crippen LogP contribution is -2.40. The van der Waals surface area contributed by atoms with Crippen LogP contribution < -0.4 is 0 Å². The van der Waals surface area contributed by atoms with Crippen molar-refractivity contribution >= 4 is 40.4 Å². The molecule has 0 unspecified atom stereocenters. The van der Waals surface area contributed by atoms with Gasteiger partial charge in [0.05, 0.1) is 22.6 Å². The molecule has 2 aliphatic rings. The number of nitrogens with zero attached hydrogens (tertiary/aromatic N) is 2. The number of esters is 1. The predicted octanol–water partition coefficient (Wildman–Crippen LogP) is 4.73. The van der Waals surface area contributed by atoms with E-state index in [0.717, 1.165) is 11.1 Å². The molecule has 5 nitrogen and oxygen atoms in total. The third-order valence-corrected chi connectivity index (χ3v) is 6.14. The van der Waals surface area contributed by atoms with Gasteiger partial charge in [0.1, 0.15) is 6.61 Å². The second kappa shape index (κ2) is 8.05. The second-order valence-corrected chi connectivity index (χ2v) is 8.63. The molecule has 4 rings (SSSR count). The van der Waals surface area contributed by atoms with Crippen molar-refractivity contribution in [2.24, 2.45) is 4.99 Å². The molecule has 1 saturated heterocycles. The number of allylic oxidation sites excluding steroid dienone is 1. The molecule has 2 aromatic carbocycles. The lowest BCUT2D eigenvalue weighted by Gasteiger charge is -2.33. The first-order chi connectivity index (χ1) is 14.0. The molecule has 0 saturated carbocycles. The lowest BCUT2D eigenvalue weighted by atomic mass is 9.94. The Bertz CT molecular complexity index is 1040. The number of amidine groups is 1. The van der Waals surface area contributed by atoms with Gasteiger partial charge in [-0.25, -0.2) is 9.79 Å². The largest absolute Gasteiger partial charge is 0.457 e. The Morgan fingerprint density at radius 3 is 2.69 bits per heavy atom. The number of halogens is 1. The Balaban J connectivity index is 1.72. The van der Waals surface area contributed by atoms with Crippen molar-refractivity contribution in [1.29, 1.82) is 0 Å². The molecule has 1 fully saturated rings. The summed E-state index contributed by atoms with van der Waals surface area (Å²) in [4.78, 5) is 32.1. The van der Waals surface area contributed by atoms with E-state index in [1.807, 2.05) is 49.4 Å². The van der Waals surface area contributed by atoms with Crippen LogP contribution >= 0.6 is 23.4 Å². The molecule has 0 aliphatic carbocycles. The van der Waals surface area contributed by atoms with E-state index in [4.69, 9.17) is 16.3 Å². The van der Waals surface area contributed by atoms with Crippen LogP contribution in [0.25, 0.3) is 0 Å². The van der Waals surface area contributed by atoms with Crippen molar-refractivity contribution in [3.8, 4) is 0 Å². The molecule has 0 radical (unpaired) electrons. The highest BCUT2D eigenvalue weighted by atomic mass is 35.5. The normalized spacial score (nSPS) is 21.1. The van der Waals surface area contributed by atoms with Crippen LogP contribution in [0.3, 0.4) is 0 Å². The highest BCUT2D eigenvalue weighted by Gasteiger charge is 2.46. The number of hydrogen-bond acceptors (Lipinski definition) is 5. The van der Waals surface area contributed by atoms with Gasteiger partial charge < -0.3 is 4.74 Å². The van der Waals surface area contributed by atoms with Gasteiger partial charge in [0.2, 0.25) is 5.91 Å². The minimum Gasteiger partial charge on any atom is -0.457 e. The molecule has 2 atom stereocenters. The molecule has 148 valence electrons. The fraction of sp³-hybridized carbons (Fsp3) is 0.227. The summed E-state index contributed by atoms with van der Waals surface area (Å²) >= 11 is 7.60. The zero-order valence-corrected chi connectivity index (χ0v) is 17.5. The predicted molar refractivity (Wildman–Crippen MR) is 114 cm³/mol. The Hall–Kier alpha value is -2.57. The van der Waals surface area contributed by atoms with E-state index < -0.39 is 12.0 Å². The van der Waals surface area contributed by atoms with Crippen LogP contribution in [-0.2, 0) is 20.9 Å².